The van der Waals surface area contributed by atoms with Gasteiger partial charge in [0.05, 0.1) is 25.7 Å². The third-order valence-corrected chi connectivity index (χ3v) is 4.37. The third kappa shape index (κ3) is 2.31. The largest absolute Gasteiger partial charge is 0.504 e. The number of hydrogen-bond donors (Lipinski definition) is 1. The summed E-state index contributed by atoms with van der Waals surface area (Å²) in [5, 5.41) is 9.86. The highest BCUT2D eigenvalue weighted by Crippen LogP contribution is 2.47. The first kappa shape index (κ1) is 15.4. The Labute approximate surface area is 143 Å². The van der Waals surface area contributed by atoms with Crippen LogP contribution < -0.4 is 23.7 Å². The van der Waals surface area contributed by atoms with E-state index in [9.17, 15) is 9.90 Å². The number of ketones is 1. The van der Waals surface area contributed by atoms with Gasteiger partial charge in [-0.1, -0.05) is 0 Å². The molecule has 130 valence electrons. The van der Waals surface area contributed by atoms with E-state index in [1.165, 1.54) is 26.4 Å². The Morgan fingerprint density at radius 2 is 1.84 bits per heavy atom. The van der Waals surface area contributed by atoms with Crippen LogP contribution in [-0.4, -0.2) is 38.5 Å². The third-order valence-electron chi connectivity index (χ3n) is 4.37. The second-order valence-electron chi connectivity index (χ2n) is 5.67. The zero-order chi connectivity index (χ0) is 17.6. The smallest absolute Gasteiger partial charge is 0.231 e. The number of fused-ring (bicyclic) bond motifs is 2. The van der Waals surface area contributed by atoms with Gasteiger partial charge in [0.1, 0.15) is 12.4 Å². The van der Waals surface area contributed by atoms with Gasteiger partial charge in [0.25, 0.3) is 0 Å². The van der Waals surface area contributed by atoms with Crippen LogP contribution in [0.4, 0.5) is 0 Å². The lowest BCUT2D eigenvalue weighted by Crippen LogP contribution is -2.26. The maximum absolute atomic E-state index is 13.0. The fourth-order valence-electron chi connectivity index (χ4n) is 3.14. The molecule has 0 spiro atoms. The van der Waals surface area contributed by atoms with Crippen molar-refractivity contribution < 1.29 is 33.6 Å². The SMILES string of the molecule is COc1cc2c(cc1C1COc3c(ccc(O)c3OC)C1=O)OCO2. The van der Waals surface area contributed by atoms with Crippen molar-refractivity contribution in [2.24, 2.45) is 0 Å². The number of phenols is 1. The van der Waals surface area contributed by atoms with E-state index in [1.807, 2.05) is 0 Å². The van der Waals surface area contributed by atoms with Crippen LogP contribution in [0.15, 0.2) is 24.3 Å². The molecule has 4 rings (SSSR count). The molecule has 0 bridgehead atoms. The maximum atomic E-state index is 13.0. The molecule has 1 atom stereocenters. The number of phenolic OH excluding ortho intramolecular Hbond substituents is 1. The Balaban J connectivity index is 1.78. The Kier molecular flexibility index (Phi) is 3.56. The van der Waals surface area contributed by atoms with Crippen LogP contribution in [0.3, 0.4) is 0 Å². The number of carbonyl (C=O) groups excluding carboxylic acids is 1. The average molecular weight is 344 g/mol. The Hall–Kier alpha value is -3.09. The van der Waals surface area contributed by atoms with E-state index < -0.39 is 5.92 Å². The summed E-state index contributed by atoms with van der Waals surface area (Å²) in [4.78, 5) is 13.0. The molecule has 2 aromatic rings. The van der Waals surface area contributed by atoms with E-state index in [0.717, 1.165) is 0 Å². The van der Waals surface area contributed by atoms with Gasteiger partial charge in [0, 0.05) is 11.6 Å². The second kappa shape index (κ2) is 5.77. The van der Waals surface area contributed by atoms with E-state index in [2.05, 4.69) is 0 Å². The number of rotatable bonds is 3. The molecule has 0 radical (unpaired) electrons. The minimum absolute atomic E-state index is 0.0758. The van der Waals surface area contributed by atoms with Gasteiger partial charge >= 0.3 is 0 Å². The van der Waals surface area contributed by atoms with Gasteiger partial charge in [0.15, 0.2) is 28.8 Å². The first-order chi connectivity index (χ1) is 12.1. The molecule has 25 heavy (non-hydrogen) atoms. The topological polar surface area (TPSA) is 83.5 Å². The van der Waals surface area contributed by atoms with Crippen molar-refractivity contribution in [2.75, 3.05) is 27.6 Å². The molecule has 2 heterocycles. The molecule has 0 saturated carbocycles. The zero-order valence-electron chi connectivity index (χ0n) is 13.7. The summed E-state index contributed by atoms with van der Waals surface area (Å²) in [6.45, 7) is 0.234. The number of benzene rings is 2. The first-order valence-electron chi connectivity index (χ1n) is 7.68. The van der Waals surface area contributed by atoms with Gasteiger partial charge in [-0.2, -0.15) is 0 Å². The maximum Gasteiger partial charge on any atom is 0.231 e. The molecular formula is C18H16O7. The number of hydrogen-bond acceptors (Lipinski definition) is 7. The number of ether oxygens (including phenoxy) is 5. The van der Waals surface area contributed by atoms with Crippen molar-refractivity contribution in [1.82, 2.24) is 0 Å². The van der Waals surface area contributed by atoms with Crippen LogP contribution >= 0.6 is 0 Å². The molecule has 1 N–H and O–H groups in total. The first-order valence-corrected chi connectivity index (χ1v) is 7.68. The molecule has 0 aliphatic carbocycles. The summed E-state index contributed by atoms with van der Waals surface area (Å²) in [5.41, 5.74) is 1.01. The number of Topliss-reactive ketones (excluding diaryl/α,β-unsaturated/α-hetero) is 1. The van der Waals surface area contributed by atoms with Gasteiger partial charge in [-0.3, -0.25) is 4.79 Å². The quantitative estimate of drug-likeness (QED) is 0.916. The van der Waals surface area contributed by atoms with Gasteiger partial charge in [-0.25, -0.2) is 0 Å². The highest BCUT2D eigenvalue weighted by atomic mass is 16.7. The van der Waals surface area contributed by atoms with E-state index in [1.54, 1.807) is 12.1 Å². The highest BCUT2D eigenvalue weighted by Gasteiger charge is 2.36. The van der Waals surface area contributed by atoms with Gasteiger partial charge in [-0.05, 0) is 18.2 Å². The molecule has 0 saturated heterocycles. The van der Waals surface area contributed by atoms with Crippen LogP contribution in [0.1, 0.15) is 21.8 Å². The van der Waals surface area contributed by atoms with Gasteiger partial charge in [-0.15, -0.1) is 0 Å². The molecule has 0 amide bonds. The lowest BCUT2D eigenvalue weighted by molar-refractivity contribution is 0.0890. The molecule has 2 aliphatic heterocycles. The Morgan fingerprint density at radius 3 is 2.56 bits per heavy atom. The molecule has 2 aliphatic rings. The lowest BCUT2D eigenvalue weighted by atomic mass is 9.88. The number of methoxy groups -OCH3 is 2. The fourth-order valence-corrected chi connectivity index (χ4v) is 3.14. The normalized spacial score (nSPS) is 17.7. The van der Waals surface area contributed by atoms with Crippen LogP contribution in [0.25, 0.3) is 0 Å². The highest BCUT2D eigenvalue weighted by molar-refractivity contribution is 6.05. The summed E-state index contributed by atoms with van der Waals surface area (Å²) in [6.07, 6.45) is 0. The predicted molar refractivity (Wildman–Crippen MR) is 86.3 cm³/mol. The molecule has 0 fully saturated rings. The van der Waals surface area contributed by atoms with Crippen LogP contribution in [0.2, 0.25) is 0 Å². The van der Waals surface area contributed by atoms with Crippen molar-refractivity contribution in [3.8, 4) is 34.5 Å². The van der Waals surface area contributed by atoms with Crippen molar-refractivity contribution in [2.45, 2.75) is 5.92 Å². The van der Waals surface area contributed by atoms with Gasteiger partial charge < -0.3 is 28.8 Å². The fraction of sp³-hybridized carbons (Fsp3) is 0.278. The summed E-state index contributed by atoms with van der Waals surface area (Å²) >= 11 is 0. The minimum Gasteiger partial charge on any atom is -0.504 e. The monoisotopic (exact) mass is 344 g/mol. The second-order valence-corrected chi connectivity index (χ2v) is 5.67. The zero-order valence-corrected chi connectivity index (χ0v) is 13.7. The molecule has 0 aromatic heterocycles. The standard InChI is InChI=1S/C18H16O7/c1-21-13-6-15-14(24-8-25-15)5-10(13)11-7-23-17-9(16(11)20)3-4-12(19)18(17)22-2/h3-6,11,19H,7-8H2,1-2H3. The lowest BCUT2D eigenvalue weighted by Gasteiger charge is -2.27. The Morgan fingerprint density at radius 1 is 1.08 bits per heavy atom. The molecule has 1 unspecified atom stereocenters. The van der Waals surface area contributed by atoms with Crippen LogP contribution in [0.5, 0.6) is 34.5 Å². The number of aromatic hydroxyl groups is 1. The minimum atomic E-state index is -0.564. The van der Waals surface area contributed by atoms with Gasteiger partial charge in [0.2, 0.25) is 12.5 Å². The summed E-state index contributed by atoms with van der Waals surface area (Å²) in [6, 6.07) is 6.40. The molecule has 7 nitrogen and oxygen atoms in total. The molecule has 2 aromatic carbocycles. The van der Waals surface area contributed by atoms with E-state index in [4.69, 9.17) is 23.7 Å². The number of carbonyl (C=O) groups is 1. The molecule has 7 heteroatoms. The molecular weight excluding hydrogens is 328 g/mol. The van der Waals surface area contributed by atoms with Crippen LogP contribution in [-0.2, 0) is 0 Å². The van der Waals surface area contributed by atoms with E-state index in [-0.39, 0.29) is 36.4 Å². The summed E-state index contributed by atoms with van der Waals surface area (Å²) in [7, 11) is 2.94. The predicted octanol–water partition coefficient (Wildman–Crippen LogP) is 2.50. The van der Waals surface area contributed by atoms with E-state index >= 15 is 0 Å². The summed E-state index contributed by atoms with van der Waals surface area (Å²) < 4.78 is 27.1. The van der Waals surface area contributed by atoms with Crippen molar-refractivity contribution in [3.05, 3.63) is 35.4 Å². The Bertz CT molecular complexity index is 859. The van der Waals surface area contributed by atoms with Crippen molar-refractivity contribution in [3.63, 3.8) is 0 Å². The van der Waals surface area contributed by atoms with Crippen molar-refractivity contribution in [1.29, 1.82) is 0 Å². The van der Waals surface area contributed by atoms with E-state index in [0.29, 0.717) is 28.4 Å². The van der Waals surface area contributed by atoms with Crippen molar-refractivity contribution >= 4 is 5.78 Å². The average Bonchev–Trinajstić information content (AvgIpc) is 3.08. The van der Waals surface area contributed by atoms with Crippen LogP contribution in [0, 0.1) is 0 Å². The summed E-state index contributed by atoms with van der Waals surface area (Å²) in [5.74, 6) is 1.30.